The number of benzene rings is 2. The van der Waals surface area contributed by atoms with Crippen molar-refractivity contribution in [3.05, 3.63) is 71.8 Å². The van der Waals surface area contributed by atoms with Crippen molar-refractivity contribution in [3.63, 3.8) is 0 Å². The minimum Gasteiger partial charge on any atom is -0.507 e. The standard InChI is InChI=1S/C21H21N5O3S/c1-3-6-14-7-4-9-16(19(14)28)12-22-24-20-23-21(26-25-20)30-13-18(27)15-8-5-10-17(11-15)29-2/h3-5,7-12,28H,1,6,13H2,2H3,(H2,23,24,25,26)/b22-12-. The van der Waals surface area contributed by atoms with E-state index in [0.29, 0.717) is 34.4 Å². The Morgan fingerprint density at radius 1 is 1.37 bits per heavy atom. The van der Waals surface area contributed by atoms with Crippen LogP contribution in [0.15, 0.2) is 65.4 Å². The number of carbonyl (C=O) groups is 1. The normalized spacial score (nSPS) is 10.8. The molecule has 8 nitrogen and oxygen atoms in total. The number of allylic oxidation sites excluding steroid dienone is 1. The summed E-state index contributed by atoms with van der Waals surface area (Å²) < 4.78 is 5.14. The number of aromatic hydroxyl groups is 1. The predicted octanol–water partition coefficient (Wildman–Crippen LogP) is 3.67. The highest BCUT2D eigenvalue weighted by Crippen LogP contribution is 2.22. The first kappa shape index (κ1) is 21.1. The molecule has 0 saturated carbocycles. The first-order valence-electron chi connectivity index (χ1n) is 9.04. The fourth-order valence-electron chi connectivity index (χ4n) is 2.57. The van der Waals surface area contributed by atoms with Crippen LogP contribution in [-0.4, -0.2) is 45.1 Å². The van der Waals surface area contributed by atoms with Crippen LogP contribution in [-0.2, 0) is 6.42 Å². The van der Waals surface area contributed by atoms with Gasteiger partial charge in [0.25, 0.3) is 0 Å². The van der Waals surface area contributed by atoms with Gasteiger partial charge in [-0.05, 0) is 30.2 Å². The molecule has 0 radical (unpaired) electrons. The lowest BCUT2D eigenvalue weighted by molar-refractivity contribution is 0.102. The Kier molecular flexibility index (Phi) is 7.23. The first-order valence-corrected chi connectivity index (χ1v) is 10.0. The number of aromatic amines is 1. The summed E-state index contributed by atoms with van der Waals surface area (Å²) in [5.74, 6) is 1.26. The Morgan fingerprint density at radius 2 is 2.20 bits per heavy atom. The summed E-state index contributed by atoms with van der Waals surface area (Å²) in [7, 11) is 1.56. The molecular formula is C21H21N5O3S. The van der Waals surface area contributed by atoms with Gasteiger partial charge in [-0.15, -0.1) is 11.7 Å². The highest BCUT2D eigenvalue weighted by atomic mass is 32.2. The summed E-state index contributed by atoms with van der Waals surface area (Å²) in [5, 5.41) is 21.5. The number of nitrogens with zero attached hydrogens (tertiary/aromatic N) is 3. The number of hydrogen-bond acceptors (Lipinski definition) is 8. The van der Waals surface area contributed by atoms with E-state index in [4.69, 9.17) is 4.74 Å². The Balaban J connectivity index is 1.55. The second kappa shape index (κ2) is 10.3. The number of para-hydroxylation sites is 1. The van der Waals surface area contributed by atoms with Gasteiger partial charge in [0.2, 0.25) is 11.1 Å². The number of thioether (sulfide) groups is 1. The molecule has 0 amide bonds. The van der Waals surface area contributed by atoms with E-state index >= 15 is 0 Å². The molecule has 0 atom stereocenters. The number of rotatable bonds is 10. The second-order valence-corrected chi connectivity index (χ2v) is 7.07. The number of hydrazone groups is 1. The molecular weight excluding hydrogens is 402 g/mol. The third-order valence-electron chi connectivity index (χ3n) is 4.08. The molecule has 2 aromatic carbocycles. The number of methoxy groups -OCH3 is 1. The quantitative estimate of drug-likeness (QED) is 0.150. The highest BCUT2D eigenvalue weighted by molar-refractivity contribution is 7.99. The Bertz CT molecular complexity index is 1060. The van der Waals surface area contributed by atoms with E-state index < -0.39 is 0 Å². The summed E-state index contributed by atoms with van der Waals surface area (Å²) in [5.41, 5.74) is 4.63. The van der Waals surface area contributed by atoms with Gasteiger partial charge in [-0.25, -0.2) is 10.5 Å². The summed E-state index contributed by atoms with van der Waals surface area (Å²) in [6.45, 7) is 3.68. The zero-order chi connectivity index (χ0) is 21.3. The number of nitrogens with one attached hydrogen (secondary N) is 2. The van der Waals surface area contributed by atoms with Crippen molar-refractivity contribution in [2.24, 2.45) is 5.10 Å². The molecule has 1 heterocycles. The van der Waals surface area contributed by atoms with Crippen LogP contribution < -0.4 is 10.2 Å². The Morgan fingerprint density at radius 3 is 3.00 bits per heavy atom. The molecule has 0 aliphatic carbocycles. The average molecular weight is 423 g/mol. The van der Waals surface area contributed by atoms with E-state index in [1.54, 1.807) is 43.5 Å². The van der Waals surface area contributed by atoms with E-state index in [-0.39, 0.29) is 17.3 Å². The fraction of sp³-hybridized carbons (Fsp3) is 0.143. The molecule has 0 aliphatic rings. The molecule has 3 aromatic rings. The van der Waals surface area contributed by atoms with Crippen LogP contribution in [0.2, 0.25) is 0 Å². The second-order valence-electron chi connectivity index (χ2n) is 6.13. The number of Topliss-reactive ketones (excluding diaryl/α,β-unsaturated/α-hetero) is 1. The van der Waals surface area contributed by atoms with Gasteiger partial charge < -0.3 is 9.84 Å². The molecule has 0 aliphatic heterocycles. The zero-order valence-electron chi connectivity index (χ0n) is 16.3. The molecule has 3 rings (SSSR count). The molecule has 3 N–H and O–H groups in total. The van der Waals surface area contributed by atoms with Crippen molar-refractivity contribution in [2.45, 2.75) is 11.6 Å². The van der Waals surface area contributed by atoms with Crippen LogP contribution in [0.25, 0.3) is 0 Å². The van der Waals surface area contributed by atoms with Gasteiger partial charge in [0.1, 0.15) is 11.5 Å². The van der Waals surface area contributed by atoms with Gasteiger partial charge >= 0.3 is 0 Å². The molecule has 154 valence electrons. The lowest BCUT2D eigenvalue weighted by atomic mass is 10.1. The average Bonchev–Trinajstić information content (AvgIpc) is 3.22. The van der Waals surface area contributed by atoms with Crippen molar-refractivity contribution in [3.8, 4) is 11.5 Å². The largest absolute Gasteiger partial charge is 0.507 e. The number of carbonyl (C=O) groups excluding carboxylic acids is 1. The van der Waals surface area contributed by atoms with Gasteiger partial charge in [0, 0.05) is 11.1 Å². The van der Waals surface area contributed by atoms with E-state index in [9.17, 15) is 9.90 Å². The summed E-state index contributed by atoms with van der Waals surface area (Å²) in [6, 6.07) is 12.4. The minimum absolute atomic E-state index is 0.0499. The van der Waals surface area contributed by atoms with Crippen molar-refractivity contribution in [2.75, 3.05) is 18.3 Å². The third-order valence-corrected chi connectivity index (χ3v) is 4.93. The molecule has 9 heteroatoms. The number of H-pyrrole nitrogens is 1. The number of hydrogen-bond donors (Lipinski definition) is 3. The third kappa shape index (κ3) is 5.48. The maximum absolute atomic E-state index is 12.3. The Hall–Kier alpha value is -3.59. The summed E-state index contributed by atoms with van der Waals surface area (Å²) >= 11 is 1.21. The number of phenols is 1. The molecule has 0 unspecified atom stereocenters. The van der Waals surface area contributed by atoms with Crippen LogP contribution >= 0.6 is 11.8 Å². The molecule has 1 aromatic heterocycles. The SMILES string of the molecule is C=CCc1cccc(/C=N\Nc2nc(SCC(=O)c3cccc(OC)c3)n[nH]2)c1O. The van der Waals surface area contributed by atoms with E-state index in [1.165, 1.54) is 18.0 Å². The molecule has 30 heavy (non-hydrogen) atoms. The maximum atomic E-state index is 12.3. The van der Waals surface area contributed by atoms with E-state index in [0.717, 1.165) is 5.56 Å². The molecule has 0 fully saturated rings. The molecule has 0 spiro atoms. The van der Waals surface area contributed by atoms with Gasteiger partial charge in [-0.1, -0.05) is 42.1 Å². The van der Waals surface area contributed by atoms with Gasteiger partial charge in [-0.3, -0.25) is 4.79 Å². The Labute approximate surface area is 178 Å². The van der Waals surface area contributed by atoms with Gasteiger partial charge in [0.15, 0.2) is 5.78 Å². The van der Waals surface area contributed by atoms with E-state index in [1.807, 2.05) is 12.1 Å². The monoisotopic (exact) mass is 423 g/mol. The first-order chi connectivity index (χ1) is 14.6. The number of phenolic OH excluding ortho intramolecular Hbond substituents is 1. The summed E-state index contributed by atoms with van der Waals surface area (Å²) in [4.78, 5) is 16.5. The van der Waals surface area contributed by atoms with Crippen molar-refractivity contribution in [1.82, 2.24) is 15.2 Å². The topological polar surface area (TPSA) is 112 Å². The maximum Gasteiger partial charge on any atom is 0.240 e. The summed E-state index contributed by atoms with van der Waals surface area (Å²) in [6.07, 6.45) is 3.78. The number of ketones is 1. The zero-order valence-corrected chi connectivity index (χ0v) is 17.1. The molecule has 0 saturated heterocycles. The van der Waals surface area contributed by atoms with Crippen molar-refractivity contribution >= 4 is 29.7 Å². The van der Waals surface area contributed by atoms with Crippen LogP contribution in [0.1, 0.15) is 21.5 Å². The predicted molar refractivity (Wildman–Crippen MR) is 118 cm³/mol. The minimum atomic E-state index is -0.0499. The van der Waals surface area contributed by atoms with Gasteiger partial charge in [0.05, 0.1) is 19.1 Å². The van der Waals surface area contributed by atoms with Crippen LogP contribution in [0.5, 0.6) is 11.5 Å². The lowest BCUT2D eigenvalue weighted by Crippen LogP contribution is -2.02. The fourth-order valence-corrected chi connectivity index (χ4v) is 3.26. The van der Waals surface area contributed by atoms with Crippen molar-refractivity contribution < 1.29 is 14.6 Å². The highest BCUT2D eigenvalue weighted by Gasteiger charge is 2.10. The molecule has 0 bridgehead atoms. The number of aromatic nitrogens is 3. The van der Waals surface area contributed by atoms with Crippen LogP contribution in [0.4, 0.5) is 5.95 Å². The van der Waals surface area contributed by atoms with Crippen molar-refractivity contribution in [1.29, 1.82) is 0 Å². The van der Waals surface area contributed by atoms with Crippen LogP contribution in [0.3, 0.4) is 0 Å². The number of ether oxygens (including phenoxy) is 1. The van der Waals surface area contributed by atoms with Crippen LogP contribution in [0, 0.1) is 0 Å². The van der Waals surface area contributed by atoms with Gasteiger partial charge in [-0.2, -0.15) is 10.1 Å². The smallest absolute Gasteiger partial charge is 0.240 e. The number of anilines is 1. The lowest BCUT2D eigenvalue weighted by Gasteiger charge is -2.04. The van der Waals surface area contributed by atoms with E-state index in [2.05, 4.69) is 32.3 Å².